The third kappa shape index (κ3) is 5.64. The molecule has 5 aromatic rings. The maximum atomic E-state index is 12.8. The smallest absolute Gasteiger partial charge is 0.277 e. The number of hydrogen-bond donors (Lipinski definition) is 1. The summed E-state index contributed by atoms with van der Waals surface area (Å²) < 4.78 is 12.6. The van der Waals surface area contributed by atoms with Crippen LogP contribution in [0.4, 0.5) is 5.82 Å². The molecular formula is C27H23N5O3S. The van der Waals surface area contributed by atoms with Gasteiger partial charge in [0.05, 0.1) is 30.7 Å². The second-order valence-corrected chi connectivity index (χ2v) is 8.78. The van der Waals surface area contributed by atoms with Gasteiger partial charge in [-0.2, -0.15) is 5.10 Å². The summed E-state index contributed by atoms with van der Waals surface area (Å²) in [6.07, 6.45) is 0.502. The van der Waals surface area contributed by atoms with E-state index in [-0.39, 0.29) is 11.7 Å². The van der Waals surface area contributed by atoms with Crippen LogP contribution in [0.2, 0.25) is 0 Å². The molecule has 5 rings (SSSR count). The summed E-state index contributed by atoms with van der Waals surface area (Å²) in [5, 5.41) is 16.2. The standard InChI is InChI=1S/C27H23N5O3S/c1-34-22-14-12-19(13-15-22)16-26-29-30-27(35-26)36-18-25(33)28-24-17-23(20-8-4-2-5-9-20)31-32(24)21-10-6-3-7-11-21/h2-15,17H,16,18H2,1H3,(H,28,33). The first-order valence-corrected chi connectivity index (χ1v) is 12.3. The minimum absolute atomic E-state index is 0.116. The van der Waals surface area contributed by atoms with Crippen molar-refractivity contribution in [2.75, 3.05) is 18.2 Å². The van der Waals surface area contributed by atoms with Crippen molar-refractivity contribution in [1.29, 1.82) is 0 Å². The van der Waals surface area contributed by atoms with Crippen LogP contribution in [0.25, 0.3) is 16.9 Å². The quantitative estimate of drug-likeness (QED) is 0.278. The molecule has 0 radical (unpaired) electrons. The number of anilines is 1. The predicted molar refractivity (Wildman–Crippen MR) is 138 cm³/mol. The van der Waals surface area contributed by atoms with Crippen LogP contribution in [0.1, 0.15) is 11.5 Å². The van der Waals surface area contributed by atoms with Gasteiger partial charge in [-0.25, -0.2) is 4.68 Å². The van der Waals surface area contributed by atoms with Gasteiger partial charge in [-0.1, -0.05) is 72.4 Å². The number of hydrogen-bond acceptors (Lipinski definition) is 7. The van der Waals surface area contributed by atoms with Crippen LogP contribution in [0.3, 0.4) is 0 Å². The Morgan fingerprint density at radius 2 is 1.69 bits per heavy atom. The number of ether oxygens (including phenoxy) is 1. The van der Waals surface area contributed by atoms with Crippen LogP contribution in [0.15, 0.2) is 101 Å². The van der Waals surface area contributed by atoms with E-state index in [0.29, 0.717) is 23.4 Å². The van der Waals surface area contributed by atoms with E-state index >= 15 is 0 Å². The van der Waals surface area contributed by atoms with E-state index in [1.807, 2.05) is 91.0 Å². The Bertz CT molecular complexity index is 1430. The van der Waals surface area contributed by atoms with Gasteiger partial charge in [0.15, 0.2) is 0 Å². The number of nitrogens with one attached hydrogen (secondary N) is 1. The van der Waals surface area contributed by atoms with E-state index in [1.165, 1.54) is 11.8 Å². The number of rotatable bonds is 9. The van der Waals surface area contributed by atoms with Crippen molar-refractivity contribution < 1.29 is 13.9 Å². The van der Waals surface area contributed by atoms with Gasteiger partial charge in [0.25, 0.3) is 5.22 Å². The largest absolute Gasteiger partial charge is 0.497 e. The van der Waals surface area contributed by atoms with Gasteiger partial charge in [0.1, 0.15) is 11.6 Å². The average Bonchev–Trinajstić information content (AvgIpc) is 3.56. The first kappa shape index (κ1) is 23.4. The molecule has 180 valence electrons. The molecule has 9 heteroatoms. The fourth-order valence-electron chi connectivity index (χ4n) is 3.58. The number of thioether (sulfide) groups is 1. The van der Waals surface area contributed by atoms with Gasteiger partial charge in [-0.3, -0.25) is 4.79 Å². The molecule has 0 fully saturated rings. The van der Waals surface area contributed by atoms with E-state index in [0.717, 1.165) is 28.3 Å². The number of benzene rings is 3. The molecule has 0 saturated heterocycles. The van der Waals surface area contributed by atoms with E-state index < -0.39 is 0 Å². The molecule has 36 heavy (non-hydrogen) atoms. The highest BCUT2D eigenvalue weighted by Crippen LogP contribution is 2.25. The molecular weight excluding hydrogens is 474 g/mol. The van der Waals surface area contributed by atoms with Crippen LogP contribution in [-0.4, -0.2) is 38.7 Å². The number of amides is 1. The van der Waals surface area contributed by atoms with Gasteiger partial charge in [0.2, 0.25) is 11.8 Å². The Hall–Kier alpha value is -4.37. The van der Waals surface area contributed by atoms with E-state index in [9.17, 15) is 4.79 Å². The first-order valence-electron chi connectivity index (χ1n) is 11.3. The van der Waals surface area contributed by atoms with E-state index in [2.05, 4.69) is 15.5 Å². The highest BCUT2D eigenvalue weighted by atomic mass is 32.2. The molecule has 0 aliphatic carbocycles. The highest BCUT2D eigenvalue weighted by molar-refractivity contribution is 7.99. The number of aromatic nitrogens is 4. The van der Waals surface area contributed by atoms with Gasteiger partial charge in [-0.15, -0.1) is 10.2 Å². The van der Waals surface area contributed by atoms with Crippen molar-refractivity contribution >= 4 is 23.5 Å². The Balaban J connectivity index is 1.25. The van der Waals surface area contributed by atoms with E-state index in [1.54, 1.807) is 11.8 Å². The van der Waals surface area contributed by atoms with Crippen molar-refractivity contribution in [3.05, 3.63) is 102 Å². The van der Waals surface area contributed by atoms with Crippen LogP contribution in [0.5, 0.6) is 5.75 Å². The second-order valence-electron chi connectivity index (χ2n) is 7.85. The zero-order chi connectivity index (χ0) is 24.7. The zero-order valence-corrected chi connectivity index (χ0v) is 20.3. The Kier molecular flexibility index (Phi) is 7.09. The number of methoxy groups -OCH3 is 1. The number of para-hydroxylation sites is 1. The third-order valence-corrected chi connectivity index (χ3v) is 6.16. The second kappa shape index (κ2) is 10.9. The molecule has 3 aromatic carbocycles. The molecule has 0 spiro atoms. The Labute approximate surface area is 212 Å². The van der Waals surface area contributed by atoms with Gasteiger partial charge >= 0.3 is 0 Å². The molecule has 0 bridgehead atoms. The summed E-state index contributed by atoms with van der Waals surface area (Å²) in [6.45, 7) is 0. The number of carbonyl (C=O) groups excluding carboxylic acids is 1. The maximum absolute atomic E-state index is 12.8. The SMILES string of the molecule is COc1ccc(Cc2nnc(SCC(=O)Nc3cc(-c4ccccc4)nn3-c3ccccc3)o2)cc1. The molecule has 8 nitrogen and oxygen atoms in total. The minimum Gasteiger partial charge on any atom is -0.497 e. The van der Waals surface area contributed by atoms with Crippen molar-refractivity contribution in [2.45, 2.75) is 11.6 Å². The van der Waals surface area contributed by atoms with Crippen molar-refractivity contribution in [3.8, 4) is 22.7 Å². The first-order chi connectivity index (χ1) is 17.7. The summed E-state index contributed by atoms with van der Waals surface area (Å²) in [5.41, 5.74) is 3.61. The lowest BCUT2D eigenvalue weighted by Gasteiger charge is -2.08. The van der Waals surface area contributed by atoms with Crippen molar-refractivity contribution in [1.82, 2.24) is 20.0 Å². The number of nitrogens with zero attached hydrogens (tertiary/aromatic N) is 4. The van der Waals surface area contributed by atoms with E-state index in [4.69, 9.17) is 14.3 Å². The van der Waals surface area contributed by atoms with Crippen molar-refractivity contribution in [3.63, 3.8) is 0 Å². The normalized spacial score (nSPS) is 10.8. The molecule has 0 atom stereocenters. The molecule has 0 saturated carbocycles. The van der Waals surface area contributed by atoms with Gasteiger partial charge < -0.3 is 14.5 Å². The fourth-order valence-corrected chi connectivity index (χ4v) is 4.16. The predicted octanol–water partition coefficient (Wildman–Crippen LogP) is 5.25. The summed E-state index contributed by atoms with van der Waals surface area (Å²) in [7, 11) is 1.63. The van der Waals surface area contributed by atoms with Gasteiger partial charge in [0, 0.05) is 11.6 Å². The summed E-state index contributed by atoms with van der Waals surface area (Å²) >= 11 is 1.19. The molecule has 2 heterocycles. The summed E-state index contributed by atoms with van der Waals surface area (Å²) in [4.78, 5) is 12.8. The topological polar surface area (TPSA) is 95.1 Å². The Morgan fingerprint density at radius 3 is 2.42 bits per heavy atom. The highest BCUT2D eigenvalue weighted by Gasteiger charge is 2.15. The lowest BCUT2D eigenvalue weighted by atomic mass is 10.1. The maximum Gasteiger partial charge on any atom is 0.277 e. The minimum atomic E-state index is -0.202. The summed E-state index contributed by atoms with van der Waals surface area (Å²) in [5.74, 6) is 1.77. The third-order valence-electron chi connectivity index (χ3n) is 5.34. The lowest BCUT2D eigenvalue weighted by Crippen LogP contribution is -2.16. The Morgan fingerprint density at radius 1 is 0.972 bits per heavy atom. The summed E-state index contributed by atoms with van der Waals surface area (Å²) in [6, 6.07) is 29.0. The number of carbonyl (C=O) groups is 1. The zero-order valence-electron chi connectivity index (χ0n) is 19.5. The molecule has 2 aromatic heterocycles. The molecule has 0 unspecified atom stereocenters. The van der Waals surface area contributed by atoms with Gasteiger partial charge in [-0.05, 0) is 29.8 Å². The molecule has 1 amide bonds. The lowest BCUT2D eigenvalue weighted by molar-refractivity contribution is -0.113. The monoisotopic (exact) mass is 497 g/mol. The van der Waals surface area contributed by atoms with Crippen molar-refractivity contribution in [2.24, 2.45) is 0 Å². The molecule has 0 aliphatic heterocycles. The van der Waals surface area contributed by atoms with Crippen LogP contribution in [-0.2, 0) is 11.2 Å². The fraction of sp³-hybridized carbons (Fsp3) is 0.111. The van der Waals surface area contributed by atoms with Crippen LogP contribution in [0, 0.1) is 0 Å². The van der Waals surface area contributed by atoms with Crippen LogP contribution < -0.4 is 10.1 Å². The molecule has 1 N–H and O–H groups in total. The van der Waals surface area contributed by atoms with Crippen LogP contribution >= 0.6 is 11.8 Å². The molecule has 0 aliphatic rings. The average molecular weight is 498 g/mol.